The van der Waals surface area contributed by atoms with Crippen molar-refractivity contribution in [2.45, 2.75) is 20.0 Å². The van der Waals surface area contributed by atoms with Crippen LogP contribution in [0, 0.1) is 13.8 Å². The molecule has 0 atom stereocenters. The summed E-state index contributed by atoms with van der Waals surface area (Å²) in [5, 5.41) is 3.07. The third kappa shape index (κ3) is 4.48. The van der Waals surface area contributed by atoms with Gasteiger partial charge in [0, 0.05) is 30.2 Å². The highest BCUT2D eigenvalue weighted by molar-refractivity contribution is 5.75. The van der Waals surface area contributed by atoms with Gasteiger partial charge in [-0.25, -0.2) is 15.0 Å². The summed E-state index contributed by atoms with van der Waals surface area (Å²) in [4.78, 5) is 30.9. The monoisotopic (exact) mass is 438 g/mol. The average Bonchev–Trinajstić information content (AvgIpc) is 2.74. The molecule has 0 aliphatic heterocycles. The van der Waals surface area contributed by atoms with E-state index in [1.807, 2.05) is 0 Å². The number of aromatic nitrogens is 5. The van der Waals surface area contributed by atoms with Crippen LogP contribution in [-0.2, 0) is 6.18 Å². The van der Waals surface area contributed by atoms with Crippen molar-refractivity contribution in [2.24, 2.45) is 0 Å². The number of halogens is 3. The molecule has 4 rings (SSSR count). The van der Waals surface area contributed by atoms with Crippen LogP contribution in [0.3, 0.4) is 0 Å². The molecule has 0 saturated heterocycles. The summed E-state index contributed by atoms with van der Waals surface area (Å²) in [7, 11) is 0. The van der Waals surface area contributed by atoms with Gasteiger partial charge in [-0.3, -0.25) is 9.78 Å². The van der Waals surface area contributed by atoms with Crippen LogP contribution in [0.5, 0.6) is 0 Å². The maximum atomic E-state index is 13.4. The second kappa shape index (κ2) is 8.22. The first-order valence-electron chi connectivity index (χ1n) is 9.51. The van der Waals surface area contributed by atoms with Gasteiger partial charge in [-0.15, -0.1) is 0 Å². The fourth-order valence-electron chi connectivity index (χ4n) is 3.25. The van der Waals surface area contributed by atoms with Crippen molar-refractivity contribution in [3.05, 3.63) is 82.4 Å². The zero-order valence-corrected chi connectivity index (χ0v) is 17.0. The van der Waals surface area contributed by atoms with Gasteiger partial charge in [-0.05, 0) is 60.9 Å². The van der Waals surface area contributed by atoms with Crippen molar-refractivity contribution in [1.82, 2.24) is 24.9 Å². The average molecular weight is 438 g/mol. The Bertz CT molecular complexity index is 1350. The SMILES string of the molecule is Cc1nccc(Nc2cc(-c3cc(-c4cccnc4C(F)(F)F)[nH]c(=O)c3)c(C)cn2)n1. The molecule has 32 heavy (non-hydrogen) atoms. The first-order chi connectivity index (χ1) is 15.2. The van der Waals surface area contributed by atoms with Crippen molar-refractivity contribution in [3.8, 4) is 22.4 Å². The molecular weight excluding hydrogens is 421 g/mol. The van der Waals surface area contributed by atoms with Crippen LogP contribution in [0.4, 0.5) is 24.8 Å². The maximum absolute atomic E-state index is 13.4. The molecule has 4 aromatic heterocycles. The van der Waals surface area contributed by atoms with Crippen LogP contribution in [0.2, 0.25) is 0 Å². The molecule has 10 heteroatoms. The number of aryl methyl sites for hydroxylation is 2. The van der Waals surface area contributed by atoms with E-state index in [9.17, 15) is 18.0 Å². The molecule has 0 bridgehead atoms. The van der Waals surface area contributed by atoms with Crippen molar-refractivity contribution >= 4 is 11.6 Å². The van der Waals surface area contributed by atoms with Crippen LogP contribution in [-0.4, -0.2) is 24.9 Å². The molecule has 0 fully saturated rings. The smallest absolute Gasteiger partial charge is 0.325 e. The zero-order valence-electron chi connectivity index (χ0n) is 17.0. The minimum absolute atomic E-state index is 0.0186. The fraction of sp³-hybridized carbons (Fsp3) is 0.136. The van der Waals surface area contributed by atoms with Crippen molar-refractivity contribution in [3.63, 3.8) is 0 Å². The van der Waals surface area contributed by atoms with E-state index < -0.39 is 17.4 Å². The Labute approximate surface area is 180 Å². The van der Waals surface area contributed by atoms with Gasteiger partial charge in [0.05, 0.1) is 5.69 Å². The van der Waals surface area contributed by atoms with Crippen LogP contribution in [0.1, 0.15) is 17.1 Å². The Morgan fingerprint density at radius 3 is 2.50 bits per heavy atom. The Balaban J connectivity index is 1.79. The highest BCUT2D eigenvalue weighted by atomic mass is 19.4. The second-order valence-electron chi connectivity index (χ2n) is 7.04. The molecule has 0 unspecified atom stereocenters. The molecule has 0 aromatic carbocycles. The van der Waals surface area contributed by atoms with Crippen LogP contribution >= 0.6 is 0 Å². The van der Waals surface area contributed by atoms with Crippen molar-refractivity contribution in [1.29, 1.82) is 0 Å². The summed E-state index contributed by atoms with van der Waals surface area (Å²) >= 11 is 0. The minimum atomic E-state index is -4.66. The van der Waals surface area contributed by atoms with E-state index in [4.69, 9.17) is 0 Å². The topological polar surface area (TPSA) is 96.5 Å². The number of nitrogens with zero attached hydrogens (tertiary/aromatic N) is 4. The lowest BCUT2D eigenvalue weighted by molar-refractivity contribution is -0.140. The third-order valence-electron chi connectivity index (χ3n) is 4.66. The predicted molar refractivity (Wildman–Crippen MR) is 113 cm³/mol. The van der Waals surface area contributed by atoms with Gasteiger partial charge in [0.2, 0.25) is 5.56 Å². The molecule has 2 N–H and O–H groups in total. The number of pyridine rings is 3. The maximum Gasteiger partial charge on any atom is 0.434 e. The quantitative estimate of drug-likeness (QED) is 0.481. The first-order valence-corrected chi connectivity index (χ1v) is 9.51. The lowest BCUT2D eigenvalue weighted by atomic mass is 10.00. The van der Waals surface area contributed by atoms with Gasteiger partial charge in [-0.1, -0.05) is 0 Å². The fourth-order valence-corrected chi connectivity index (χ4v) is 3.25. The molecule has 4 heterocycles. The number of aromatic amines is 1. The molecule has 4 aromatic rings. The van der Waals surface area contributed by atoms with Gasteiger partial charge in [0.1, 0.15) is 17.5 Å². The second-order valence-corrected chi connectivity index (χ2v) is 7.04. The van der Waals surface area contributed by atoms with Crippen molar-refractivity contribution in [2.75, 3.05) is 5.32 Å². The molecule has 0 aliphatic carbocycles. The highest BCUT2D eigenvalue weighted by Gasteiger charge is 2.35. The lowest BCUT2D eigenvalue weighted by Gasteiger charge is -2.13. The summed E-state index contributed by atoms with van der Waals surface area (Å²) in [6.45, 7) is 3.55. The molecule has 0 saturated carbocycles. The summed E-state index contributed by atoms with van der Waals surface area (Å²) in [5.74, 6) is 1.58. The van der Waals surface area contributed by atoms with Crippen LogP contribution in [0.15, 0.2) is 59.8 Å². The Hall–Kier alpha value is -4.08. The number of hydrogen-bond acceptors (Lipinski definition) is 6. The first kappa shape index (κ1) is 21.2. The molecule has 162 valence electrons. The van der Waals surface area contributed by atoms with Gasteiger partial charge in [0.25, 0.3) is 0 Å². The number of rotatable bonds is 4. The number of hydrogen-bond donors (Lipinski definition) is 2. The summed E-state index contributed by atoms with van der Waals surface area (Å²) < 4.78 is 40.3. The van der Waals surface area contributed by atoms with E-state index in [0.717, 1.165) is 11.8 Å². The molecule has 0 amide bonds. The molecule has 0 radical (unpaired) electrons. The predicted octanol–water partition coefficient (Wildman–Crippen LogP) is 4.67. The third-order valence-corrected chi connectivity index (χ3v) is 4.66. The number of alkyl halides is 3. The number of anilines is 2. The Kier molecular flexibility index (Phi) is 5.43. The van der Waals surface area contributed by atoms with E-state index in [1.165, 1.54) is 24.3 Å². The molecule has 7 nitrogen and oxygen atoms in total. The molecular formula is C22H17F3N6O. The molecule has 0 spiro atoms. The summed E-state index contributed by atoms with van der Waals surface area (Å²) in [6, 6.07) is 8.87. The largest absolute Gasteiger partial charge is 0.434 e. The summed E-state index contributed by atoms with van der Waals surface area (Å²) in [5.41, 5.74) is 0.0340. The number of H-pyrrole nitrogens is 1. The number of nitrogens with one attached hydrogen (secondary N) is 2. The minimum Gasteiger partial charge on any atom is -0.325 e. The van der Waals surface area contributed by atoms with Crippen molar-refractivity contribution < 1.29 is 13.2 Å². The van der Waals surface area contributed by atoms with Gasteiger partial charge in [-0.2, -0.15) is 13.2 Å². The highest BCUT2D eigenvalue weighted by Crippen LogP contribution is 2.35. The van der Waals surface area contributed by atoms with Crippen LogP contribution in [0.25, 0.3) is 22.4 Å². The van der Waals surface area contributed by atoms with Gasteiger partial charge >= 0.3 is 6.18 Å². The Morgan fingerprint density at radius 1 is 0.938 bits per heavy atom. The van der Waals surface area contributed by atoms with E-state index in [1.54, 1.807) is 38.4 Å². The van der Waals surface area contributed by atoms with E-state index in [0.29, 0.717) is 28.6 Å². The van der Waals surface area contributed by atoms with E-state index in [-0.39, 0.29) is 11.3 Å². The van der Waals surface area contributed by atoms with E-state index in [2.05, 4.69) is 30.2 Å². The Morgan fingerprint density at radius 2 is 1.75 bits per heavy atom. The normalized spacial score (nSPS) is 11.4. The summed E-state index contributed by atoms with van der Waals surface area (Å²) in [6.07, 6.45) is -0.385. The standard InChI is InChI=1S/C22H17F3N6O/c1-12-11-28-19(31-18-5-7-26-13(2)29-18)10-16(12)14-8-17(30-20(32)9-14)15-4-3-6-27-21(15)22(23,24)25/h3-11H,1-2H3,(H,30,32)(H,26,28,29,31). The van der Waals surface area contributed by atoms with Gasteiger partial charge < -0.3 is 10.3 Å². The van der Waals surface area contributed by atoms with Crippen LogP contribution < -0.4 is 10.9 Å². The van der Waals surface area contributed by atoms with Gasteiger partial charge in [0.15, 0.2) is 5.69 Å². The molecule has 0 aliphatic rings. The zero-order chi connectivity index (χ0) is 22.9. The lowest BCUT2D eigenvalue weighted by Crippen LogP contribution is -2.12. The van der Waals surface area contributed by atoms with E-state index >= 15 is 0 Å².